The van der Waals surface area contributed by atoms with Gasteiger partial charge in [-0.2, -0.15) is 0 Å². The van der Waals surface area contributed by atoms with E-state index in [0.29, 0.717) is 39.9 Å². The molecule has 0 N–H and O–H groups in total. The summed E-state index contributed by atoms with van der Waals surface area (Å²) in [6.07, 6.45) is 1.52. The number of rotatable bonds is 6. The van der Waals surface area contributed by atoms with Crippen LogP contribution in [0.1, 0.15) is 35.6 Å². The number of amides is 1. The highest BCUT2D eigenvalue weighted by molar-refractivity contribution is 7.14. The molecule has 4 aromatic heterocycles. The van der Waals surface area contributed by atoms with Gasteiger partial charge < -0.3 is 13.7 Å². The van der Waals surface area contributed by atoms with Crippen LogP contribution in [-0.2, 0) is 16.1 Å². The van der Waals surface area contributed by atoms with Gasteiger partial charge in [0.05, 0.1) is 28.6 Å². The number of thiazole rings is 1. The fourth-order valence-corrected chi connectivity index (χ4v) is 3.92. The molecule has 0 atom stereocenters. The van der Waals surface area contributed by atoms with Gasteiger partial charge in [0.1, 0.15) is 12.3 Å². The molecular weight excluding hydrogens is 408 g/mol. The van der Waals surface area contributed by atoms with Crippen molar-refractivity contribution < 1.29 is 23.3 Å². The van der Waals surface area contributed by atoms with Crippen LogP contribution in [0.15, 0.2) is 38.8 Å². The Balaban J connectivity index is 1.59. The second-order valence-electron chi connectivity index (χ2n) is 6.44. The quantitative estimate of drug-likeness (QED) is 0.426. The Kier molecular flexibility index (Phi) is 5.32. The van der Waals surface area contributed by atoms with Gasteiger partial charge in [0.25, 0.3) is 5.71 Å². The van der Waals surface area contributed by atoms with Gasteiger partial charge in [-0.1, -0.05) is 5.16 Å². The number of furan rings is 1. The van der Waals surface area contributed by atoms with Crippen LogP contribution < -0.4 is 4.90 Å². The number of carbonyl (C=O) groups excluding carboxylic acids is 2. The summed E-state index contributed by atoms with van der Waals surface area (Å²) in [5, 5.41) is 6.72. The van der Waals surface area contributed by atoms with Crippen molar-refractivity contribution in [2.45, 2.75) is 27.4 Å². The first-order valence-electron chi connectivity index (χ1n) is 9.18. The summed E-state index contributed by atoms with van der Waals surface area (Å²) in [4.78, 5) is 34.9. The average molecular weight is 426 g/mol. The molecule has 0 aliphatic heterocycles. The van der Waals surface area contributed by atoms with Crippen LogP contribution in [-0.4, -0.2) is 33.5 Å². The molecule has 30 heavy (non-hydrogen) atoms. The summed E-state index contributed by atoms with van der Waals surface area (Å²) in [5.74, 6) is -0.161. The van der Waals surface area contributed by atoms with E-state index in [9.17, 15) is 9.59 Å². The second kappa shape index (κ2) is 8.07. The molecule has 4 rings (SSSR count). The maximum Gasteiger partial charge on any atom is 0.339 e. The van der Waals surface area contributed by atoms with Crippen LogP contribution in [0.25, 0.3) is 22.6 Å². The maximum absolute atomic E-state index is 12.9. The van der Waals surface area contributed by atoms with Crippen molar-refractivity contribution in [1.82, 2.24) is 15.1 Å². The number of ether oxygens (including phenoxy) is 1. The van der Waals surface area contributed by atoms with Crippen LogP contribution in [0.3, 0.4) is 0 Å². The number of fused-ring (bicyclic) bond motifs is 1. The summed E-state index contributed by atoms with van der Waals surface area (Å²) in [6.45, 7) is 5.56. The summed E-state index contributed by atoms with van der Waals surface area (Å²) in [7, 11) is 0. The summed E-state index contributed by atoms with van der Waals surface area (Å²) in [5.41, 5.74) is 2.03. The topological polar surface area (TPSA) is 112 Å². The number of nitrogens with zero attached hydrogens (tertiary/aromatic N) is 4. The Bertz CT molecular complexity index is 1210. The van der Waals surface area contributed by atoms with E-state index in [-0.39, 0.29) is 23.8 Å². The van der Waals surface area contributed by atoms with E-state index in [0.717, 1.165) is 0 Å². The van der Waals surface area contributed by atoms with E-state index in [2.05, 4.69) is 15.1 Å². The van der Waals surface area contributed by atoms with Gasteiger partial charge in [-0.3, -0.25) is 9.69 Å². The van der Waals surface area contributed by atoms with Crippen molar-refractivity contribution >= 4 is 39.4 Å². The molecule has 0 aliphatic carbocycles. The van der Waals surface area contributed by atoms with Gasteiger partial charge >= 0.3 is 5.97 Å². The molecule has 0 bridgehead atoms. The molecule has 10 heteroatoms. The van der Waals surface area contributed by atoms with Crippen LogP contribution in [0.4, 0.5) is 5.13 Å². The second-order valence-corrected chi connectivity index (χ2v) is 7.28. The number of aromatic nitrogens is 3. The monoisotopic (exact) mass is 426 g/mol. The molecule has 0 saturated carbocycles. The van der Waals surface area contributed by atoms with Crippen molar-refractivity contribution in [2.24, 2.45) is 0 Å². The summed E-state index contributed by atoms with van der Waals surface area (Å²) < 4.78 is 16.1. The Labute approximate surface area is 175 Å². The molecule has 4 aromatic rings. The molecule has 0 saturated heterocycles. The molecular formula is C20H18N4O5S. The smallest absolute Gasteiger partial charge is 0.339 e. The third kappa shape index (κ3) is 3.69. The van der Waals surface area contributed by atoms with E-state index < -0.39 is 5.97 Å². The van der Waals surface area contributed by atoms with Crippen molar-refractivity contribution in [2.75, 3.05) is 11.4 Å². The highest BCUT2D eigenvalue weighted by Gasteiger charge is 2.22. The Morgan fingerprint density at radius 1 is 1.30 bits per heavy atom. The zero-order valence-corrected chi connectivity index (χ0v) is 17.4. The van der Waals surface area contributed by atoms with E-state index in [1.807, 2.05) is 6.92 Å². The van der Waals surface area contributed by atoms with Gasteiger partial charge in [-0.05, 0) is 32.0 Å². The molecule has 154 valence electrons. The minimum atomic E-state index is -0.560. The van der Waals surface area contributed by atoms with Crippen LogP contribution in [0.5, 0.6) is 0 Å². The Morgan fingerprint density at radius 3 is 2.83 bits per heavy atom. The number of aryl methyl sites for hydroxylation is 1. The number of hydrogen-bond donors (Lipinski definition) is 0. The zero-order chi connectivity index (χ0) is 21.3. The van der Waals surface area contributed by atoms with Crippen LogP contribution in [0, 0.1) is 6.92 Å². The minimum absolute atomic E-state index is 0.0327. The lowest BCUT2D eigenvalue weighted by molar-refractivity contribution is -0.116. The molecule has 0 spiro atoms. The number of pyridine rings is 1. The average Bonchev–Trinajstić information content (AvgIpc) is 3.48. The number of esters is 1. The van der Waals surface area contributed by atoms with Crippen molar-refractivity contribution in [1.29, 1.82) is 0 Å². The molecule has 9 nitrogen and oxygen atoms in total. The van der Waals surface area contributed by atoms with Crippen molar-refractivity contribution in [3.8, 4) is 11.5 Å². The number of anilines is 1. The lowest BCUT2D eigenvalue weighted by Gasteiger charge is -2.14. The normalized spacial score (nSPS) is 11.0. The highest BCUT2D eigenvalue weighted by atomic mass is 32.1. The fraction of sp³-hybridized carbons (Fsp3) is 0.250. The largest absolute Gasteiger partial charge is 0.463 e. The van der Waals surface area contributed by atoms with Crippen LogP contribution in [0.2, 0.25) is 0 Å². The third-order valence-electron chi connectivity index (χ3n) is 4.43. The number of carbonyl (C=O) groups is 2. The predicted molar refractivity (Wildman–Crippen MR) is 109 cm³/mol. The molecule has 4 heterocycles. The summed E-state index contributed by atoms with van der Waals surface area (Å²) in [6, 6.07) is 5.05. The maximum atomic E-state index is 12.9. The number of hydrogen-bond acceptors (Lipinski definition) is 9. The minimum Gasteiger partial charge on any atom is -0.463 e. The highest BCUT2D eigenvalue weighted by Crippen LogP contribution is 2.28. The summed E-state index contributed by atoms with van der Waals surface area (Å²) >= 11 is 1.32. The SMILES string of the molecule is CCN(C(C)=O)c1nc(COC(=O)c2cc(-c3ccco3)nc3onc(C)c23)cs1. The van der Waals surface area contributed by atoms with Crippen molar-refractivity contribution in [3.05, 3.63) is 46.8 Å². The molecule has 0 radical (unpaired) electrons. The Hall–Kier alpha value is -3.53. The van der Waals surface area contributed by atoms with Gasteiger partial charge in [-0.25, -0.2) is 14.8 Å². The van der Waals surface area contributed by atoms with Gasteiger partial charge in [0.15, 0.2) is 10.9 Å². The lowest BCUT2D eigenvalue weighted by Crippen LogP contribution is -2.27. The first-order chi connectivity index (χ1) is 14.5. The molecule has 1 amide bonds. The van der Waals surface area contributed by atoms with E-state index in [4.69, 9.17) is 13.7 Å². The van der Waals surface area contributed by atoms with Gasteiger partial charge in [0.2, 0.25) is 5.91 Å². The third-order valence-corrected chi connectivity index (χ3v) is 5.34. The van der Waals surface area contributed by atoms with E-state index in [1.54, 1.807) is 35.4 Å². The van der Waals surface area contributed by atoms with Gasteiger partial charge in [0, 0.05) is 18.8 Å². The fourth-order valence-electron chi connectivity index (χ4n) is 3.00. The lowest BCUT2D eigenvalue weighted by atomic mass is 10.1. The standard InChI is InChI=1S/C20H18N4O5S/c1-4-24(12(3)25)20-21-13(10-30-20)9-28-19(26)14-8-15(16-6-5-7-27-16)22-18-17(14)11(2)23-29-18/h5-8,10H,4,9H2,1-3H3. The molecule has 0 aliphatic rings. The molecule has 0 unspecified atom stereocenters. The van der Waals surface area contributed by atoms with Gasteiger partial charge in [-0.15, -0.1) is 11.3 Å². The first-order valence-corrected chi connectivity index (χ1v) is 10.1. The first kappa shape index (κ1) is 19.8. The predicted octanol–water partition coefficient (Wildman–Crippen LogP) is 3.98. The van der Waals surface area contributed by atoms with Crippen molar-refractivity contribution in [3.63, 3.8) is 0 Å². The molecule has 0 fully saturated rings. The Morgan fingerprint density at radius 2 is 2.13 bits per heavy atom. The zero-order valence-electron chi connectivity index (χ0n) is 16.5. The van der Waals surface area contributed by atoms with E-state index >= 15 is 0 Å². The van der Waals surface area contributed by atoms with E-state index in [1.165, 1.54) is 24.5 Å². The van der Waals surface area contributed by atoms with Crippen LogP contribution >= 0.6 is 11.3 Å². The molecule has 0 aromatic carbocycles.